The fraction of sp³-hybridized carbons (Fsp3) is 0.500. The smallest absolute Gasteiger partial charge is 0.389 e. The number of hydrogen-bond acceptors (Lipinski definition) is 3. The number of nitrogens with one attached hydrogen (secondary N) is 1. The van der Waals surface area contributed by atoms with Crippen molar-refractivity contribution in [3.8, 4) is 0 Å². The van der Waals surface area contributed by atoms with Crippen molar-refractivity contribution in [1.82, 2.24) is 4.72 Å². The molecule has 1 rings (SSSR count). The summed E-state index contributed by atoms with van der Waals surface area (Å²) in [5.74, 6) is 0. The van der Waals surface area contributed by atoms with Crippen LogP contribution >= 0.6 is 0 Å². The number of hydrogen-bond donors (Lipinski definition) is 2. The number of rotatable bonds is 5. The van der Waals surface area contributed by atoms with Gasteiger partial charge in [-0.05, 0) is 37.5 Å². The van der Waals surface area contributed by atoms with Crippen molar-refractivity contribution >= 4 is 15.7 Å². The van der Waals surface area contributed by atoms with E-state index in [0.29, 0.717) is 5.56 Å². The molecule has 0 unspecified atom stereocenters. The van der Waals surface area contributed by atoms with E-state index < -0.39 is 22.6 Å². The summed E-state index contributed by atoms with van der Waals surface area (Å²) in [4.78, 5) is -0.0653. The van der Waals surface area contributed by atoms with E-state index >= 15 is 0 Å². The van der Waals surface area contributed by atoms with Crippen LogP contribution in [0.3, 0.4) is 0 Å². The third-order valence-corrected chi connectivity index (χ3v) is 4.57. The van der Waals surface area contributed by atoms with Crippen LogP contribution in [0.15, 0.2) is 17.0 Å². The predicted octanol–water partition coefficient (Wildman–Crippen LogP) is 2.51. The highest BCUT2D eigenvalue weighted by Gasteiger charge is 2.27. The number of benzene rings is 1. The van der Waals surface area contributed by atoms with E-state index in [-0.39, 0.29) is 23.5 Å². The van der Waals surface area contributed by atoms with Crippen LogP contribution in [0.1, 0.15) is 24.0 Å². The molecule has 4 nitrogen and oxygen atoms in total. The highest BCUT2D eigenvalue weighted by Crippen LogP contribution is 2.25. The molecule has 1 aromatic carbocycles. The Balaban J connectivity index is 2.83. The van der Waals surface area contributed by atoms with Gasteiger partial charge in [-0.25, -0.2) is 13.1 Å². The van der Waals surface area contributed by atoms with Crippen LogP contribution < -0.4 is 10.5 Å². The normalized spacial score (nSPS) is 12.7. The van der Waals surface area contributed by atoms with Crippen LogP contribution in [-0.4, -0.2) is 21.1 Å². The number of halogens is 3. The standard InChI is InChI=1S/C12H17F3N2O2S/c1-8-4-5-10(16)11(9(8)2)20(18,19)17-7-3-6-12(13,14)15/h4-5,17H,3,6-7,16H2,1-2H3. The SMILES string of the molecule is Cc1ccc(N)c(S(=O)(=O)NCCCC(F)(F)F)c1C. The first-order valence-corrected chi connectivity index (χ1v) is 7.45. The van der Waals surface area contributed by atoms with Gasteiger partial charge in [-0.1, -0.05) is 6.07 Å². The van der Waals surface area contributed by atoms with Crippen molar-refractivity contribution in [2.24, 2.45) is 0 Å². The molecule has 0 fully saturated rings. The zero-order valence-electron chi connectivity index (χ0n) is 11.2. The monoisotopic (exact) mass is 310 g/mol. The second-order valence-electron chi connectivity index (χ2n) is 4.54. The summed E-state index contributed by atoms with van der Waals surface area (Å²) < 4.78 is 62.3. The van der Waals surface area contributed by atoms with E-state index in [1.807, 2.05) is 0 Å². The molecular weight excluding hydrogens is 293 g/mol. The van der Waals surface area contributed by atoms with Crippen LogP contribution in [-0.2, 0) is 10.0 Å². The molecule has 0 radical (unpaired) electrons. The van der Waals surface area contributed by atoms with Crippen LogP contribution in [0.2, 0.25) is 0 Å². The first kappa shape index (κ1) is 16.8. The minimum Gasteiger partial charge on any atom is -0.398 e. The van der Waals surface area contributed by atoms with Gasteiger partial charge in [0, 0.05) is 13.0 Å². The van der Waals surface area contributed by atoms with Crippen molar-refractivity contribution < 1.29 is 21.6 Å². The Kier molecular flexibility index (Phi) is 5.04. The summed E-state index contributed by atoms with van der Waals surface area (Å²) in [7, 11) is -3.90. The van der Waals surface area contributed by atoms with E-state index in [0.717, 1.165) is 5.56 Å². The molecule has 0 bridgehead atoms. The summed E-state index contributed by atoms with van der Waals surface area (Å²) >= 11 is 0. The average molecular weight is 310 g/mol. The molecule has 20 heavy (non-hydrogen) atoms. The number of anilines is 1. The molecule has 0 amide bonds. The van der Waals surface area contributed by atoms with Crippen LogP contribution in [0.25, 0.3) is 0 Å². The predicted molar refractivity (Wildman–Crippen MR) is 70.8 cm³/mol. The number of sulfonamides is 1. The Bertz CT molecular complexity index is 583. The second kappa shape index (κ2) is 6.01. The van der Waals surface area contributed by atoms with Gasteiger partial charge in [-0.3, -0.25) is 0 Å². The number of alkyl halides is 3. The molecule has 0 saturated heterocycles. The highest BCUT2D eigenvalue weighted by molar-refractivity contribution is 7.89. The van der Waals surface area contributed by atoms with Gasteiger partial charge in [0.05, 0.1) is 5.69 Å². The Morgan fingerprint density at radius 2 is 1.85 bits per heavy atom. The summed E-state index contributed by atoms with van der Waals surface area (Å²) in [6, 6.07) is 3.15. The molecule has 0 aliphatic rings. The van der Waals surface area contributed by atoms with Crippen LogP contribution in [0.5, 0.6) is 0 Å². The largest absolute Gasteiger partial charge is 0.398 e. The molecular formula is C12H17F3N2O2S. The summed E-state index contributed by atoms with van der Waals surface area (Å²) in [6.07, 6.45) is -5.63. The lowest BCUT2D eigenvalue weighted by Crippen LogP contribution is -2.27. The highest BCUT2D eigenvalue weighted by atomic mass is 32.2. The molecule has 114 valence electrons. The lowest BCUT2D eigenvalue weighted by molar-refractivity contribution is -0.135. The maximum atomic E-state index is 12.1. The minimum absolute atomic E-state index is 0.0653. The van der Waals surface area contributed by atoms with Gasteiger partial charge in [0.15, 0.2) is 0 Å². The molecule has 0 aliphatic heterocycles. The van der Waals surface area contributed by atoms with Gasteiger partial charge in [0.1, 0.15) is 4.90 Å². The van der Waals surface area contributed by atoms with Gasteiger partial charge in [-0.15, -0.1) is 0 Å². The van der Waals surface area contributed by atoms with E-state index in [1.54, 1.807) is 19.9 Å². The van der Waals surface area contributed by atoms with Gasteiger partial charge in [-0.2, -0.15) is 13.2 Å². The maximum absolute atomic E-state index is 12.1. The van der Waals surface area contributed by atoms with E-state index in [4.69, 9.17) is 5.73 Å². The minimum atomic E-state index is -4.29. The summed E-state index contributed by atoms with van der Waals surface area (Å²) in [5, 5.41) is 0. The van der Waals surface area contributed by atoms with Crippen LogP contribution in [0, 0.1) is 13.8 Å². The van der Waals surface area contributed by atoms with E-state index in [9.17, 15) is 21.6 Å². The van der Waals surface area contributed by atoms with Crippen molar-refractivity contribution in [1.29, 1.82) is 0 Å². The van der Waals surface area contributed by atoms with Crippen molar-refractivity contribution in [3.63, 3.8) is 0 Å². The fourth-order valence-corrected chi connectivity index (χ4v) is 3.24. The molecule has 0 saturated carbocycles. The molecule has 8 heteroatoms. The number of nitrogens with two attached hydrogens (primary N) is 1. The molecule has 0 atom stereocenters. The van der Waals surface area contributed by atoms with Gasteiger partial charge >= 0.3 is 6.18 Å². The first-order chi connectivity index (χ1) is 9.04. The fourth-order valence-electron chi connectivity index (χ4n) is 1.74. The van der Waals surface area contributed by atoms with Crippen molar-refractivity contribution in [3.05, 3.63) is 23.3 Å². The van der Waals surface area contributed by atoms with E-state index in [1.165, 1.54) is 6.07 Å². The Morgan fingerprint density at radius 1 is 1.25 bits per heavy atom. The zero-order chi connectivity index (χ0) is 15.6. The van der Waals surface area contributed by atoms with Gasteiger partial charge < -0.3 is 5.73 Å². The average Bonchev–Trinajstić information content (AvgIpc) is 2.29. The molecule has 1 aromatic rings. The van der Waals surface area contributed by atoms with E-state index in [2.05, 4.69) is 4.72 Å². The summed E-state index contributed by atoms with van der Waals surface area (Å²) in [6.45, 7) is 3.06. The summed E-state index contributed by atoms with van der Waals surface area (Å²) in [5.41, 5.74) is 6.97. The van der Waals surface area contributed by atoms with Gasteiger partial charge in [0.2, 0.25) is 10.0 Å². The zero-order valence-corrected chi connectivity index (χ0v) is 12.0. The Hall–Kier alpha value is -1.28. The Labute approximate surface area is 116 Å². The molecule has 0 aliphatic carbocycles. The third kappa shape index (κ3) is 4.38. The molecule has 3 N–H and O–H groups in total. The molecule has 0 aromatic heterocycles. The maximum Gasteiger partial charge on any atom is 0.389 e. The first-order valence-electron chi connectivity index (χ1n) is 5.96. The third-order valence-electron chi connectivity index (χ3n) is 2.91. The van der Waals surface area contributed by atoms with Crippen molar-refractivity contribution in [2.45, 2.75) is 37.8 Å². The Morgan fingerprint density at radius 3 is 2.40 bits per heavy atom. The van der Waals surface area contributed by atoms with Gasteiger partial charge in [0.25, 0.3) is 0 Å². The number of aryl methyl sites for hydroxylation is 1. The molecule has 0 spiro atoms. The topological polar surface area (TPSA) is 72.2 Å². The number of nitrogen functional groups attached to an aromatic ring is 1. The quantitative estimate of drug-likeness (QED) is 0.648. The lowest BCUT2D eigenvalue weighted by Gasteiger charge is -2.14. The van der Waals surface area contributed by atoms with Crippen molar-refractivity contribution in [2.75, 3.05) is 12.3 Å². The second-order valence-corrected chi connectivity index (χ2v) is 6.25. The molecule has 0 heterocycles. The lowest BCUT2D eigenvalue weighted by atomic mass is 10.1. The van der Waals surface area contributed by atoms with Crippen LogP contribution in [0.4, 0.5) is 18.9 Å².